The maximum atomic E-state index is 12.5. The molecule has 2 aromatic carbocycles. The number of benzene rings is 2. The van der Waals surface area contributed by atoms with Crippen molar-refractivity contribution in [1.82, 2.24) is 0 Å². The molecule has 1 atom stereocenters. The monoisotopic (exact) mass is 410 g/mol. The molecule has 0 N–H and O–H groups in total. The summed E-state index contributed by atoms with van der Waals surface area (Å²) < 4.78 is 51.2. The highest BCUT2D eigenvalue weighted by Crippen LogP contribution is 2.29. The molecule has 1 unspecified atom stereocenters. The fourth-order valence-electron chi connectivity index (χ4n) is 2.50. The fraction of sp³-hybridized carbons (Fsp3) is 0.333. The minimum atomic E-state index is -4.77. The topological polar surface area (TPSA) is 61.8 Å². The van der Waals surface area contributed by atoms with Crippen LogP contribution in [-0.2, 0) is 19.1 Å². The first kappa shape index (κ1) is 22.3. The van der Waals surface area contributed by atoms with Crippen LogP contribution in [0.15, 0.2) is 48.5 Å². The first-order valence-corrected chi connectivity index (χ1v) is 8.70. The molecule has 0 bridgehead atoms. The molecular weight excluding hydrogens is 389 g/mol. The first-order valence-electron chi connectivity index (χ1n) is 8.70. The maximum Gasteiger partial charge on any atom is 0.573 e. The van der Waals surface area contributed by atoms with Gasteiger partial charge in [0.25, 0.3) is 0 Å². The summed E-state index contributed by atoms with van der Waals surface area (Å²) >= 11 is 0. The summed E-state index contributed by atoms with van der Waals surface area (Å²) in [6, 6.07) is 11.8. The molecular formula is C21H21F3O5. The Morgan fingerprint density at radius 3 is 2.07 bits per heavy atom. The van der Waals surface area contributed by atoms with Gasteiger partial charge in [0.2, 0.25) is 6.10 Å². The van der Waals surface area contributed by atoms with Crippen LogP contribution in [0, 0.1) is 0 Å². The molecule has 2 rings (SSSR count). The smallest absolute Gasteiger partial charge is 0.457 e. The molecule has 8 heteroatoms. The van der Waals surface area contributed by atoms with E-state index in [2.05, 4.69) is 4.74 Å². The van der Waals surface area contributed by atoms with Gasteiger partial charge in [0.15, 0.2) is 0 Å². The van der Waals surface area contributed by atoms with Crippen LogP contribution in [0.1, 0.15) is 39.4 Å². The summed E-state index contributed by atoms with van der Waals surface area (Å²) in [5.41, 5.74) is 0.804. The second kappa shape index (κ2) is 8.55. The lowest BCUT2D eigenvalue weighted by molar-refractivity contribution is -0.274. The highest BCUT2D eigenvalue weighted by atomic mass is 19.4. The summed E-state index contributed by atoms with van der Waals surface area (Å²) in [5, 5.41) is 0. The molecule has 2 aromatic rings. The summed E-state index contributed by atoms with van der Waals surface area (Å²) in [6.07, 6.45) is -6.04. The Morgan fingerprint density at radius 1 is 0.931 bits per heavy atom. The van der Waals surface area contributed by atoms with Crippen LogP contribution in [0.4, 0.5) is 13.2 Å². The summed E-state index contributed by atoms with van der Waals surface area (Å²) in [4.78, 5) is 24.0. The van der Waals surface area contributed by atoms with Crippen molar-refractivity contribution in [3.63, 3.8) is 0 Å². The maximum absolute atomic E-state index is 12.5. The van der Waals surface area contributed by atoms with Crippen molar-refractivity contribution in [2.24, 2.45) is 0 Å². The van der Waals surface area contributed by atoms with Crippen LogP contribution < -0.4 is 4.74 Å². The Balaban J connectivity index is 2.31. The van der Waals surface area contributed by atoms with Crippen molar-refractivity contribution in [2.75, 3.05) is 0 Å². The molecule has 0 saturated carbocycles. The van der Waals surface area contributed by atoms with Crippen molar-refractivity contribution in [2.45, 2.75) is 45.8 Å². The predicted molar refractivity (Wildman–Crippen MR) is 98.9 cm³/mol. The van der Waals surface area contributed by atoms with Gasteiger partial charge in [-0.05, 0) is 50.1 Å². The Labute approximate surface area is 166 Å². The Morgan fingerprint density at radius 2 is 1.55 bits per heavy atom. The van der Waals surface area contributed by atoms with E-state index < -0.39 is 30.0 Å². The second-order valence-electron chi connectivity index (χ2n) is 7.22. The molecule has 0 radical (unpaired) electrons. The molecule has 0 spiro atoms. The lowest BCUT2D eigenvalue weighted by Gasteiger charge is -2.24. The average Bonchev–Trinajstić information content (AvgIpc) is 2.57. The van der Waals surface area contributed by atoms with Crippen LogP contribution in [0.2, 0.25) is 0 Å². The first-order chi connectivity index (χ1) is 13.3. The minimum absolute atomic E-state index is 0.344. The summed E-state index contributed by atoms with van der Waals surface area (Å²) in [6.45, 7) is 6.25. The molecule has 0 aromatic heterocycles. The fourth-order valence-corrected chi connectivity index (χ4v) is 2.50. The average molecular weight is 410 g/mol. The van der Waals surface area contributed by atoms with E-state index in [1.807, 2.05) is 0 Å². The molecule has 0 aliphatic rings. The number of alkyl halides is 3. The van der Waals surface area contributed by atoms with Crippen LogP contribution in [0.25, 0.3) is 11.1 Å². The molecule has 0 amide bonds. The van der Waals surface area contributed by atoms with Crippen LogP contribution in [0.3, 0.4) is 0 Å². The van der Waals surface area contributed by atoms with Crippen molar-refractivity contribution in [3.05, 3.63) is 54.1 Å². The van der Waals surface area contributed by atoms with Crippen LogP contribution in [-0.4, -0.2) is 23.9 Å². The number of halogens is 3. The molecule has 0 aliphatic heterocycles. The van der Waals surface area contributed by atoms with E-state index in [1.54, 1.807) is 45.0 Å². The molecule has 0 heterocycles. The quantitative estimate of drug-likeness (QED) is 0.634. The number of carbonyl (C=O) groups is 2. The number of ether oxygens (including phenoxy) is 3. The Kier molecular flexibility index (Phi) is 6.56. The predicted octanol–water partition coefficient (Wildman–Crippen LogP) is 5.20. The Hall–Kier alpha value is -3.03. The normalized spacial score (nSPS) is 12.8. The van der Waals surface area contributed by atoms with Crippen molar-refractivity contribution < 1.29 is 37.0 Å². The number of hydrogen-bond donors (Lipinski definition) is 0. The van der Waals surface area contributed by atoms with E-state index >= 15 is 0 Å². The number of carbonyl (C=O) groups excluding carboxylic acids is 2. The highest BCUT2D eigenvalue weighted by Gasteiger charge is 2.31. The van der Waals surface area contributed by atoms with E-state index in [9.17, 15) is 22.8 Å². The third kappa shape index (κ3) is 7.14. The number of rotatable bonds is 5. The molecule has 0 fully saturated rings. The zero-order chi connectivity index (χ0) is 21.8. The third-order valence-corrected chi connectivity index (χ3v) is 3.52. The second-order valence-corrected chi connectivity index (χ2v) is 7.22. The van der Waals surface area contributed by atoms with Gasteiger partial charge in [0.05, 0.1) is 0 Å². The number of esters is 2. The standard InChI is InChI=1S/C21H21F3O5/c1-13(25)27-18(19(26)29-20(2,3)4)16-7-5-6-15(12-16)14-8-10-17(11-9-14)28-21(22,23)24/h5-12,18H,1-4H3. The molecule has 5 nitrogen and oxygen atoms in total. The van der Waals surface area contributed by atoms with Gasteiger partial charge in [-0.2, -0.15) is 0 Å². The van der Waals surface area contributed by atoms with Gasteiger partial charge in [-0.15, -0.1) is 13.2 Å². The largest absolute Gasteiger partial charge is 0.573 e. The van der Waals surface area contributed by atoms with E-state index in [1.165, 1.54) is 31.2 Å². The Bertz CT molecular complexity index is 867. The molecule has 156 valence electrons. The zero-order valence-corrected chi connectivity index (χ0v) is 16.4. The SMILES string of the molecule is CC(=O)OC(C(=O)OC(C)(C)C)c1cccc(-c2ccc(OC(F)(F)F)cc2)c1. The number of hydrogen-bond acceptors (Lipinski definition) is 5. The van der Waals surface area contributed by atoms with Crippen LogP contribution >= 0.6 is 0 Å². The van der Waals surface area contributed by atoms with Gasteiger partial charge in [-0.1, -0.05) is 30.3 Å². The molecule has 0 saturated heterocycles. The third-order valence-electron chi connectivity index (χ3n) is 3.52. The van der Waals surface area contributed by atoms with Gasteiger partial charge < -0.3 is 14.2 Å². The van der Waals surface area contributed by atoms with Crippen molar-refractivity contribution in [1.29, 1.82) is 0 Å². The van der Waals surface area contributed by atoms with Gasteiger partial charge >= 0.3 is 18.3 Å². The van der Waals surface area contributed by atoms with Crippen LogP contribution in [0.5, 0.6) is 5.75 Å². The minimum Gasteiger partial charge on any atom is -0.457 e. The summed E-state index contributed by atoms with van der Waals surface area (Å²) in [7, 11) is 0. The molecule has 29 heavy (non-hydrogen) atoms. The summed E-state index contributed by atoms with van der Waals surface area (Å²) in [5.74, 6) is -1.72. The van der Waals surface area contributed by atoms with E-state index in [0.717, 1.165) is 0 Å². The van der Waals surface area contributed by atoms with E-state index in [0.29, 0.717) is 16.7 Å². The lowest BCUT2D eigenvalue weighted by Crippen LogP contribution is -2.29. The van der Waals surface area contributed by atoms with Gasteiger partial charge in [0.1, 0.15) is 11.4 Å². The van der Waals surface area contributed by atoms with E-state index in [-0.39, 0.29) is 5.75 Å². The van der Waals surface area contributed by atoms with Gasteiger partial charge in [-0.3, -0.25) is 4.79 Å². The van der Waals surface area contributed by atoms with Gasteiger partial charge in [0, 0.05) is 12.5 Å². The van der Waals surface area contributed by atoms with Crippen molar-refractivity contribution >= 4 is 11.9 Å². The van der Waals surface area contributed by atoms with Crippen molar-refractivity contribution in [3.8, 4) is 16.9 Å². The lowest BCUT2D eigenvalue weighted by atomic mass is 10.0. The van der Waals surface area contributed by atoms with Gasteiger partial charge in [-0.25, -0.2) is 4.79 Å². The highest BCUT2D eigenvalue weighted by molar-refractivity contribution is 5.81. The zero-order valence-electron chi connectivity index (χ0n) is 16.4. The van der Waals surface area contributed by atoms with E-state index in [4.69, 9.17) is 9.47 Å². The molecule has 0 aliphatic carbocycles.